The molecular formula is C12H21NO3. The van der Waals surface area contributed by atoms with Gasteiger partial charge in [-0.1, -0.05) is 26.2 Å². The van der Waals surface area contributed by atoms with Gasteiger partial charge in [0.25, 0.3) is 0 Å². The van der Waals surface area contributed by atoms with Crippen LogP contribution < -0.4 is 5.32 Å². The number of hydrogen-bond acceptors (Lipinski definition) is 2. The van der Waals surface area contributed by atoms with Crippen molar-refractivity contribution in [1.82, 2.24) is 5.32 Å². The number of amides is 1. The Hall–Kier alpha value is -1.06. The van der Waals surface area contributed by atoms with Gasteiger partial charge in [0.15, 0.2) is 0 Å². The third-order valence-electron chi connectivity index (χ3n) is 3.27. The molecule has 1 atom stereocenters. The van der Waals surface area contributed by atoms with Gasteiger partial charge in [0.2, 0.25) is 5.91 Å². The Morgan fingerprint density at radius 3 is 2.50 bits per heavy atom. The van der Waals surface area contributed by atoms with Gasteiger partial charge in [-0.25, -0.2) is 0 Å². The minimum absolute atomic E-state index is 0.109. The van der Waals surface area contributed by atoms with E-state index in [0.29, 0.717) is 13.0 Å². The van der Waals surface area contributed by atoms with E-state index in [0.717, 1.165) is 25.7 Å². The molecule has 0 radical (unpaired) electrons. The molecule has 2 N–H and O–H groups in total. The Labute approximate surface area is 96.4 Å². The van der Waals surface area contributed by atoms with Crippen LogP contribution in [-0.4, -0.2) is 23.5 Å². The van der Waals surface area contributed by atoms with Gasteiger partial charge in [0.1, 0.15) is 0 Å². The van der Waals surface area contributed by atoms with Crippen LogP contribution in [0.3, 0.4) is 0 Å². The first kappa shape index (κ1) is 13.0. The fraction of sp³-hybridized carbons (Fsp3) is 0.833. The van der Waals surface area contributed by atoms with Crippen molar-refractivity contribution in [2.24, 2.45) is 11.8 Å². The predicted octanol–water partition coefficient (Wildman–Crippen LogP) is 1.79. The van der Waals surface area contributed by atoms with E-state index in [-0.39, 0.29) is 17.7 Å². The van der Waals surface area contributed by atoms with E-state index in [9.17, 15) is 9.59 Å². The molecule has 1 fully saturated rings. The molecule has 0 aromatic rings. The molecule has 1 saturated carbocycles. The lowest BCUT2D eigenvalue weighted by Gasteiger charge is -2.20. The lowest BCUT2D eigenvalue weighted by molar-refractivity contribution is -0.141. The van der Waals surface area contributed by atoms with Gasteiger partial charge in [-0.15, -0.1) is 0 Å². The Morgan fingerprint density at radius 1 is 1.31 bits per heavy atom. The van der Waals surface area contributed by atoms with E-state index >= 15 is 0 Å². The third-order valence-corrected chi connectivity index (χ3v) is 3.27. The van der Waals surface area contributed by atoms with Crippen LogP contribution in [0.25, 0.3) is 0 Å². The van der Waals surface area contributed by atoms with Crippen LogP contribution in [0.1, 0.15) is 45.4 Å². The first-order chi connectivity index (χ1) is 7.61. The van der Waals surface area contributed by atoms with Crippen LogP contribution in [0, 0.1) is 11.8 Å². The van der Waals surface area contributed by atoms with Gasteiger partial charge >= 0.3 is 5.97 Å². The Balaban J connectivity index is 2.16. The third kappa shape index (κ3) is 4.21. The minimum Gasteiger partial charge on any atom is -0.481 e. The van der Waals surface area contributed by atoms with Gasteiger partial charge in [0.05, 0.1) is 5.92 Å². The zero-order valence-corrected chi connectivity index (χ0v) is 9.87. The molecule has 92 valence electrons. The van der Waals surface area contributed by atoms with Crippen LogP contribution in [-0.2, 0) is 9.59 Å². The fourth-order valence-corrected chi connectivity index (χ4v) is 2.04. The first-order valence-corrected chi connectivity index (χ1v) is 6.11. The SMILES string of the molecule is CC(CCNC(=O)C1CCCCC1)C(=O)O. The fourth-order valence-electron chi connectivity index (χ4n) is 2.04. The van der Waals surface area contributed by atoms with Crippen molar-refractivity contribution < 1.29 is 14.7 Å². The minimum atomic E-state index is -0.799. The molecule has 1 aliphatic carbocycles. The largest absolute Gasteiger partial charge is 0.481 e. The second kappa shape index (κ2) is 6.51. The molecule has 0 aromatic carbocycles. The highest BCUT2D eigenvalue weighted by Crippen LogP contribution is 2.23. The van der Waals surface area contributed by atoms with Crippen molar-refractivity contribution in [2.75, 3.05) is 6.54 Å². The summed E-state index contributed by atoms with van der Waals surface area (Å²) in [6.45, 7) is 2.14. The number of nitrogens with one attached hydrogen (secondary N) is 1. The highest BCUT2D eigenvalue weighted by molar-refractivity contribution is 5.78. The topological polar surface area (TPSA) is 66.4 Å². The predicted molar refractivity (Wildman–Crippen MR) is 61.0 cm³/mol. The molecule has 0 bridgehead atoms. The summed E-state index contributed by atoms with van der Waals surface area (Å²) in [5.41, 5.74) is 0. The van der Waals surface area contributed by atoms with E-state index in [1.807, 2.05) is 0 Å². The van der Waals surface area contributed by atoms with E-state index in [2.05, 4.69) is 5.32 Å². The lowest BCUT2D eigenvalue weighted by atomic mass is 9.88. The van der Waals surface area contributed by atoms with Crippen LogP contribution in [0.15, 0.2) is 0 Å². The zero-order valence-electron chi connectivity index (χ0n) is 9.87. The molecule has 0 aromatic heterocycles. The summed E-state index contributed by atoms with van der Waals surface area (Å²) < 4.78 is 0. The van der Waals surface area contributed by atoms with Crippen LogP contribution >= 0.6 is 0 Å². The molecule has 4 heteroatoms. The average molecular weight is 227 g/mol. The van der Waals surface area contributed by atoms with Crippen molar-refractivity contribution in [3.05, 3.63) is 0 Å². The molecule has 1 unspecified atom stereocenters. The molecule has 1 aliphatic rings. The number of carbonyl (C=O) groups excluding carboxylic acids is 1. The first-order valence-electron chi connectivity index (χ1n) is 6.11. The Kier molecular flexibility index (Phi) is 5.29. The van der Waals surface area contributed by atoms with Crippen molar-refractivity contribution in [2.45, 2.75) is 45.4 Å². The number of carboxylic acid groups (broad SMARTS) is 1. The van der Waals surface area contributed by atoms with Crippen molar-refractivity contribution >= 4 is 11.9 Å². The summed E-state index contributed by atoms with van der Waals surface area (Å²) in [5.74, 6) is -0.912. The highest BCUT2D eigenvalue weighted by Gasteiger charge is 2.20. The lowest BCUT2D eigenvalue weighted by Crippen LogP contribution is -2.33. The average Bonchev–Trinajstić information content (AvgIpc) is 2.29. The molecule has 0 saturated heterocycles. The van der Waals surface area contributed by atoms with Gasteiger partial charge in [-0.2, -0.15) is 0 Å². The quantitative estimate of drug-likeness (QED) is 0.752. The van der Waals surface area contributed by atoms with Crippen molar-refractivity contribution in [1.29, 1.82) is 0 Å². The molecule has 0 aliphatic heterocycles. The maximum atomic E-state index is 11.7. The summed E-state index contributed by atoms with van der Waals surface area (Å²) in [6, 6.07) is 0. The highest BCUT2D eigenvalue weighted by atomic mass is 16.4. The maximum absolute atomic E-state index is 11.7. The molecule has 16 heavy (non-hydrogen) atoms. The maximum Gasteiger partial charge on any atom is 0.306 e. The summed E-state index contributed by atoms with van der Waals surface area (Å²) >= 11 is 0. The smallest absolute Gasteiger partial charge is 0.306 e. The second-order valence-electron chi connectivity index (χ2n) is 4.65. The van der Waals surface area contributed by atoms with E-state index < -0.39 is 5.97 Å². The molecule has 1 amide bonds. The van der Waals surface area contributed by atoms with Gasteiger partial charge < -0.3 is 10.4 Å². The van der Waals surface area contributed by atoms with Crippen molar-refractivity contribution in [3.8, 4) is 0 Å². The van der Waals surface area contributed by atoms with Gasteiger partial charge in [0, 0.05) is 12.5 Å². The number of hydrogen-bond donors (Lipinski definition) is 2. The van der Waals surface area contributed by atoms with Gasteiger partial charge in [-0.05, 0) is 19.3 Å². The second-order valence-corrected chi connectivity index (χ2v) is 4.65. The summed E-state index contributed by atoms with van der Waals surface area (Å²) in [7, 11) is 0. The zero-order chi connectivity index (χ0) is 12.0. The van der Waals surface area contributed by atoms with E-state index in [4.69, 9.17) is 5.11 Å². The van der Waals surface area contributed by atoms with Crippen LogP contribution in [0.5, 0.6) is 0 Å². The van der Waals surface area contributed by atoms with Gasteiger partial charge in [-0.3, -0.25) is 9.59 Å². The standard InChI is InChI=1S/C12H21NO3/c1-9(12(15)16)7-8-13-11(14)10-5-3-2-4-6-10/h9-10H,2-8H2,1H3,(H,13,14)(H,15,16). The molecule has 1 rings (SSSR count). The Morgan fingerprint density at radius 2 is 1.94 bits per heavy atom. The van der Waals surface area contributed by atoms with Crippen LogP contribution in [0.2, 0.25) is 0 Å². The normalized spacial score (nSPS) is 19.1. The van der Waals surface area contributed by atoms with E-state index in [1.165, 1.54) is 6.42 Å². The van der Waals surface area contributed by atoms with Crippen LogP contribution in [0.4, 0.5) is 0 Å². The van der Waals surface area contributed by atoms with E-state index in [1.54, 1.807) is 6.92 Å². The Bertz CT molecular complexity index is 247. The molecular weight excluding hydrogens is 206 g/mol. The monoisotopic (exact) mass is 227 g/mol. The molecule has 4 nitrogen and oxygen atoms in total. The number of aliphatic carboxylic acids is 1. The van der Waals surface area contributed by atoms with Crippen molar-refractivity contribution in [3.63, 3.8) is 0 Å². The summed E-state index contributed by atoms with van der Waals surface area (Å²) in [4.78, 5) is 22.3. The summed E-state index contributed by atoms with van der Waals surface area (Å²) in [6.07, 6.45) is 6.00. The molecule has 0 heterocycles. The summed E-state index contributed by atoms with van der Waals surface area (Å²) in [5, 5.41) is 11.5. The molecule has 0 spiro atoms. The number of carboxylic acids is 1. The number of carbonyl (C=O) groups is 2. The number of rotatable bonds is 5.